The number of phenolic OH excluding ortho intramolecular Hbond substituents is 1. The number of hydrogen-bond acceptors (Lipinski definition) is 5. The molecule has 4 bridgehead atoms. The van der Waals surface area contributed by atoms with Crippen molar-refractivity contribution in [3.63, 3.8) is 0 Å². The third kappa shape index (κ3) is 4.32. The van der Waals surface area contributed by atoms with Gasteiger partial charge in [0, 0.05) is 30.2 Å². The highest BCUT2D eigenvalue weighted by Crippen LogP contribution is 2.62. The molecule has 2 heterocycles. The number of carbonyl (C=O) groups is 1. The number of carbonyl (C=O) groups excluding carboxylic acids is 1. The van der Waals surface area contributed by atoms with Crippen LogP contribution in [-0.4, -0.2) is 45.7 Å². The van der Waals surface area contributed by atoms with Gasteiger partial charge in [0.15, 0.2) is 16.7 Å². The van der Waals surface area contributed by atoms with Crippen LogP contribution in [0.25, 0.3) is 17.2 Å². The number of aromatic hydroxyl groups is 1. The van der Waals surface area contributed by atoms with E-state index in [1.54, 1.807) is 0 Å². The number of halogens is 1. The van der Waals surface area contributed by atoms with Gasteiger partial charge in [-0.1, -0.05) is 18.2 Å². The maximum atomic E-state index is 15.2. The largest absolute Gasteiger partial charge is 0.505 e. The molecule has 2 aromatic rings. The summed E-state index contributed by atoms with van der Waals surface area (Å²) in [5, 5.41) is 11.7. The second kappa shape index (κ2) is 9.19. The van der Waals surface area contributed by atoms with Crippen molar-refractivity contribution in [2.75, 3.05) is 24.6 Å². The van der Waals surface area contributed by atoms with Crippen LogP contribution in [0.1, 0.15) is 49.7 Å². The zero-order valence-electron chi connectivity index (χ0n) is 20.8. The molecule has 2 aromatic carbocycles. The van der Waals surface area contributed by atoms with Crippen LogP contribution in [0.15, 0.2) is 46.3 Å². The van der Waals surface area contributed by atoms with E-state index in [1.165, 1.54) is 37.1 Å². The third-order valence-corrected chi connectivity index (χ3v) is 11.1. The van der Waals surface area contributed by atoms with Crippen LogP contribution in [0.5, 0.6) is 5.75 Å². The van der Waals surface area contributed by atoms with Crippen molar-refractivity contribution in [3.8, 4) is 16.9 Å². The Morgan fingerprint density at radius 2 is 1.70 bits per heavy atom. The monoisotopic (exact) mass is 534 g/mol. The first-order valence-electron chi connectivity index (χ1n) is 13.4. The van der Waals surface area contributed by atoms with Crippen molar-refractivity contribution in [1.82, 2.24) is 4.90 Å². The fourth-order valence-corrected chi connectivity index (χ4v) is 9.73. The van der Waals surface area contributed by atoms with Crippen molar-refractivity contribution >= 4 is 40.7 Å². The molecule has 4 saturated carbocycles. The van der Waals surface area contributed by atoms with E-state index in [0.717, 1.165) is 71.3 Å². The Kier molecular flexibility index (Phi) is 5.92. The number of nitrogens with zero attached hydrogens (tertiary/aromatic N) is 2. The van der Waals surface area contributed by atoms with E-state index in [2.05, 4.69) is 9.89 Å². The number of aliphatic imine (C=N–C) groups is 1. The molecule has 4 aliphatic carbocycles. The van der Waals surface area contributed by atoms with Gasteiger partial charge in [0.1, 0.15) is 0 Å². The van der Waals surface area contributed by atoms with Crippen LogP contribution in [-0.2, 0) is 10.2 Å². The number of phenols is 1. The molecule has 0 spiro atoms. The molecule has 1 N–H and O–H groups in total. The molecule has 8 rings (SSSR count). The first-order valence-corrected chi connectivity index (χ1v) is 15.4. The minimum Gasteiger partial charge on any atom is -0.505 e. The standard InChI is InChI=1S/C30H31FN2O2S2/c31-25-14-23(13-24(27(25)34)30-15-19-8-20(16-30)10-21(9-19)17-30)22-3-1-2-18(11-22)12-26-28(35)32-29(37-26)33-4-6-36-7-5-33/h1-3,11-14,19-21,34H,4-10,15-17H2. The van der Waals surface area contributed by atoms with E-state index >= 15 is 4.39 Å². The fraction of sp³-hybridized carbons (Fsp3) is 0.467. The number of rotatable bonds is 3. The predicted octanol–water partition coefficient (Wildman–Crippen LogP) is 6.69. The summed E-state index contributed by atoms with van der Waals surface area (Å²) >= 11 is 3.38. The van der Waals surface area contributed by atoms with Crippen LogP contribution in [0, 0.1) is 23.6 Å². The van der Waals surface area contributed by atoms with Crippen LogP contribution in [0.2, 0.25) is 0 Å². The molecule has 1 amide bonds. The van der Waals surface area contributed by atoms with Gasteiger partial charge in [-0.3, -0.25) is 4.79 Å². The smallest absolute Gasteiger partial charge is 0.286 e. The molecule has 192 valence electrons. The Labute approximate surface area is 225 Å². The highest BCUT2D eigenvalue weighted by Gasteiger charge is 2.52. The summed E-state index contributed by atoms with van der Waals surface area (Å²) < 4.78 is 15.2. The number of hydrogen-bond donors (Lipinski definition) is 1. The molecule has 0 aromatic heterocycles. The molecule has 4 nitrogen and oxygen atoms in total. The third-order valence-electron chi connectivity index (χ3n) is 9.08. The molecule has 37 heavy (non-hydrogen) atoms. The van der Waals surface area contributed by atoms with Gasteiger partial charge >= 0.3 is 0 Å². The maximum Gasteiger partial charge on any atom is 0.286 e. The summed E-state index contributed by atoms with van der Waals surface area (Å²) in [6, 6.07) is 11.4. The number of amidine groups is 1. The molecule has 5 fully saturated rings. The van der Waals surface area contributed by atoms with Crippen LogP contribution in [0.4, 0.5) is 4.39 Å². The summed E-state index contributed by atoms with van der Waals surface area (Å²) in [6.07, 6.45) is 9.01. The topological polar surface area (TPSA) is 52.9 Å². The van der Waals surface area contributed by atoms with E-state index in [4.69, 9.17) is 0 Å². The predicted molar refractivity (Wildman–Crippen MR) is 150 cm³/mol. The van der Waals surface area contributed by atoms with Crippen molar-refractivity contribution in [3.05, 3.63) is 58.2 Å². The van der Waals surface area contributed by atoms with E-state index in [9.17, 15) is 9.90 Å². The molecular weight excluding hydrogens is 503 g/mol. The van der Waals surface area contributed by atoms with Crippen molar-refractivity contribution in [2.45, 2.75) is 43.9 Å². The average molecular weight is 535 g/mol. The van der Waals surface area contributed by atoms with E-state index in [-0.39, 0.29) is 17.1 Å². The maximum absolute atomic E-state index is 15.2. The minimum absolute atomic E-state index is 0.0944. The molecule has 7 heteroatoms. The average Bonchev–Trinajstić information content (AvgIpc) is 3.25. The van der Waals surface area contributed by atoms with E-state index in [1.807, 2.05) is 48.2 Å². The second-order valence-corrected chi connectivity index (χ2v) is 13.8. The SMILES string of the molecule is O=C1N=C(N2CCSCC2)SC1=Cc1cccc(-c2cc(F)c(O)c(C34CC5CC(CC(C5)C3)C4)c2)c1. The van der Waals surface area contributed by atoms with Gasteiger partial charge in [0.25, 0.3) is 5.91 Å². The fourth-order valence-electron chi connectivity index (χ4n) is 7.86. The summed E-state index contributed by atoms with van der Waals surface area (Å²) in [4.78, 5) is 19.8. The van der Waals surface area contributed by atoms with E-state index in [0.29, 0.717) is 22.7 Å². The molecule has 0 radical (unpaired) electrons. The number of thioether (sulfide) groups is 2. The Morgan fingerprint density at radius 1 is 1.00 bits per heavy atom. The lowest BCUT2D eigenvalue weighted by Gasteiger charge is -2.57. The molecule has 6 aliphatic rings. The second-order valence-electron chi connectivity index (χ2n) is 11.6. The molecule has 2 aliphatic heterocycles. The molecule has 0 atom stereocenters. The Morgan fingerprint density at radius 3 is 2.41 bits per heavy atom. The van der Waals surface area contributed by atoms with Gasteiger partial charge in [-0.05, 0) is 114 Å². The first-order chi connectivity index (χ1) is 18.0. The summed E-state index contributed by atoms with van der Waals surface area (Å²) in [5.41, 5.74) is 3.29. The van der Waals surface area contributed by atoms with Crippen LogP contribution >= 0.6 is 23.5 Å². The Balaban J connectivity index is 1.19. The molecule has 0 unspecified atom stereocenters. The van der Waals surface area contributed by atoms with Crippen molar-refractivity contribution in [1.29, 1.82) is 0 Å². The quantitative estimate of drug-likeness (QED) is 0.445. The highest BCUT2D eigenvalue weighted by atomic mass is 32.2. The van der Waals surface area contributed by atoms with E-state index < -0.39 is 5.82 Å². The lowest BCUT2D eigenvalue weighted by Crippen LogP contribution is -2.48. The van der Waals surface area contributed by atoms with Gasteiger partial charge in [-0.25, -0.2) is 4.39 Å². The van der Waals surface area contributed by atoms with Gasteiger partial charge in [0.05, 0.1) is 4.91 Å². The lowest BCUT2D eigenvalue weighted by atomic mass is 9.48. The van der Waals surface area contributed by atoms with Gasteiger partial charge in [-0.2, -0.15) is 16.8 Å². The lowest BCUT2D eigenvalue weighted by molar-refractivity contribution is -0.113. The Bertz CT molecular complexity index is 1300. The van der Waals surface area contributed by atoms with Gasteiger partial charge in [-0.15, -0.1) is 0 Å². The van der Waals surface area contributed by atoms with Crippen LogP contribution < -0.4 is 0 Å². The Hall–Kier alpha value is -2.25. The van der Waals surface area contributed by atoms with Gasteiger partial charge in [0.2, 0.25) is 0 Å². The molecular formula is C30H31FN2O2S2. The summed E-state index contributed by atoms with van der Waals surface area (Å²) in [5.74, 6) is 3.37. The highest BCUT2D eigenvalue weighted by molar-refractivity contribution is 8.18. The zero-order chi connectivity index (χ0) is 25.1. The van der Waals surface area contributed by atoms with Gasteiger partial charge < -0.3 is 10.0 Å². The van der Waals surface area contributed by atoms with Crippen molar-refractivity contribution < 1.29 is 14.3 Å². The summed E-state index contributed by atoms with van der Waals surface area (Å²) in [6.45, 7) is 1.84. The zero-order valence-corrected chi connectivity index (χ0v) is 22.4. The molecule has 1 saturated heterocycles. The number of amides is 1. The van der Waals surface area contributed by atoms with Crippen molar-refractivity contribution in [2.24, 2.45) is 22.7 Å². The van der Waals surface area contributed by atoms with Crippen LogP contribution in [0.3, 0.4) is 0 Å². The normalized spacial score (nSPS) is 31.9. The minimum atomic E-state index is -0.536. The summed E-state index contributed by atoms with van der Waals surface area (Å²) in [7, 11) is 0. The number of benzene rings is 2. The first kappa shape index (κ1) is 23.8.